The fraction of sp³-hybridized carbons (Fsp3) is 0.262. The molecule has 4 amide bonds. The van der Waals surface area contributed by atoms with Crippen LogP contribution in [0.3, 0.4) is 0 Å². The van der Waals surface area contributed by atoms with Crippen LogP contribution in [-0.2, 0) is 31.1 Å². The van der Waals surface area contributed by atoms with Crippen LogP contribution in [0.2, 0.25) is 0 Å². The minimum absolute atomic E-state index is 0.0199. The molecule has 12 rings (SSSR count). The van der Waals surface area contributed by atoms with E-state index in [1.165, 1.54) is 0 Å². The molecular formula is C65H59N5O10. The van der Waals surface area contributed by atoms with Gasteiger partial charge in [0.15, 0.2) is 11.5 Å². The highest BCUT2D eigenvalue weighted by Gasteiger charge is 2.76. The van der Waals surface area contributed by atoms with E-state index in [0.29, 0.717) is 70.4 Å². The molecular weight excluding hydrogens is 1010 g/mol. The van der Waals surface area contributed by atoms with Gasteiger partial charge in [0.1, 0.15) is 35.7 Å². The Morgan fingerprint density at radius 1 is 0.713 bits per heavy atom. The molecule has 7 aromatic rings. The Balaban J connectivity index is 1.07. The number of piperazine rings is 1. The summed E-state index contributed by atoms with van der Waals surface area (Å²) in [6, 6.07) is 49.8. The molecule has 404 valence electrons. The number of carbonyl (C=O) groups is 4. The summed E-state index contributed by atoms with van der Waals surface area (Å²) >= 11 is 0. The largest absolute Gasteiger partial charge is 0.497 e. The average molecular weight is 1070 g/mol. The molecule has 0 saturated carbocycles. The van der Waals surface area contributed by atoms with Crippen LogP contribution in [0.5, 0.6) is 23.0 Å². The van der Waals surface area contributed by atoms with E-state index in [4.69, 9.17) is 23.7 Å². The fourth-order valence-corrected chi connectivity index (χ4v) is 12.4. The Labute approximate surface area is 464 Å². The van der Waals surface area contributed by atoms with Gasteiger partial charge in [-0.3, -0.25) is 24.2 Å². The number of rotatable bonds is 12. The van der Waals surface area contributed by atoms with E-state index in [9.17, 15) is 5.11 Å². The summed E-state index contributed by atoms with van der Waals surface area (Å²) in [5, 5.41) is 13.1. The summed E-state index contributed by atoms with van der Waals surface area (Å²) in [6.07, 6.45) is -0.923. The number of anilines is 1. The molecule has 0 radical (unpaired) electrons. The summed E-state index contributed by atoms with van der Waals surface area (Å²) in [5.74, 6) is 5.74. The van der Waals surface area contributed by atoms with E-state index in [1.807, 2.05) is 157 Å². The van der Waals surface area contributed by atoms with Gasteiger partial charge >= 0.3 is 12.0 Å². The zero-order chi connectivity index (χ0) is 54.9. The smallest absolute Gasteiger partial charge is 0.329 e. The lowest BCUT2D eigenvalue weighted by Gasteiger charge is -2.46. The lowest BCUT2D eigenvalue weighted by molar-refractivity contribution is -0.179. The first-order chi connectivity index (χ1) is 39.1. The second-order valence-corrected chi connectivity index (χ2v) is 20.6. The summed E-state index contributed by atoms with van der Waals surface area (Å²) < 4.78 is 29.6. The van der Waals surface area contributed by atoms with Crippen molar-refractivity contribution in [2.75, 3.05) is 58.2 Å². The summed E-state index contributed by atoms with van der Waals surface area (Å²) in [6.45, 7) is 3.83. The Hall–Kier alpha value is -8.94. The first kappa shape index (κ1) is 51.8. The number of hydrogen-bond donors (Lipinski definition) is 2. The van der Waals surface area contributed by atoms with Crippen molar-refractivity contribution >= 4 is 29.5 Å². The maximum absolute atomic E-state index is 17.1. The van der Waals surface area contributed by atoms with Crippen molar-refractivity contribution in [3.63, 3.8) is 0 Å². The number of methoxy groups -OCH3 is 1. The zero-order valence-electron chi connectivity index (χ0n) is 44.3. The predicted molar refractivity (Wildman–Crippen MR) is 298 cm³/mol. The van der Waals surface area contributed by atoms with Crippen LogP contribution < -0.4 is 29.2 Å². The molecule has 80 heavy (non-hydrogen) atoms. The molecule has 5 aliphatic rings. The molecule has 2 N–H and O–H groups in total. The third-order valence-corrected chi connectivity index (χ3v) is 16.1. The van der Waals surface area contributed by atoms with Crippen LogP contribution in [0.4, 0.5) is 10.5 Å². The monoisotopic (exact) mass is 1070 g/mol. The van der Waals surface area contributed by atoms with Gasteiger partial charge in [0.05, 0.1) is 43.4 Å². The number of imide groups is 1. The third-order valence-electron chi connectivity index (χ3n) is 16.1. The van der Waals surface area contributed by atoms with Crippen LogP contribution >= 0.6 is 0 Å². The van der Waals surface area contributed by atoms with Crippen LogP contribution in [0.25, 0.3) is 0 Å². The van der Waals surface area contributed by atoms with Crippen molar-refractivity contribution in [1.82, 2.24) is 20.0 Å². The number of nitrogens with zero attached hydrogens (tertiary/aromatic N) is 4. The SMILES string of the molecule is COc1ccc(C#Cc2ccc3c(c2)[C@]2(C(=O)N3C(=O)N[C@H](C)c3ccccc3)[C@H](C(=O)N3CCN(Cc4ccc5c(c4)OCO5)CC3)[C@H]3C(=O)O[C@H](c4ccccc4)[C@H](c4ccccc4)N3[C@@H]2c2cccc(OCCO)c2)cc1. The van der Waals surface area contributed by atoms with Crippen molar-refractivity contribution < 1.29 is 48.0 Å². The number of morpholine rings is 1. The highest BCUT2D eigenvalue weighted by atomic mass is 16.7. The Morgan fingerprint density at radius 2 is 1.39 bits per heavy atom. The van der Waals surface area contributed by atoms with Crippen molar-refractivity contribution in [2.45, 2.75) is 49.2 Å². The molecule has 3 fully saturated rings. The topological polar surface area (TPSA) is 160 Å². The first-order valence-electron chi connectivity index (χ1n) is 27.0. The molecule has 7 aromatic carbocycles. The lowest BCUT2D eigenvalue weighted by Crippen LogP contribution is -2.59. The van der Waals surface area contributed by atoms with Gasteiger partial charge in [-0.1, -0.05) is 121 Å². The third kappa shape index (κ3) is 9.44. The number of esters is 1. The van der Waals surface area contributed by atoms with E-state index in [2.05, 4.69) is 22.1 Å². The van der Waals surface area contributed by atoms with Crippen molar-refractivity contribution in [1.29, 1.82) is 0 Å². The molecule has 7 atom stereocenters. The fourth-order valence-electron chi connectivity index (χ4n) is 12.4. The van der Waals surface area contributed by atoms with Crippen molar-refractivity contribution in [2.24, 2.45) is 5.92 Å². The minimum Gasteiger partial charge on any atom is -0.497 e. The van der Waals surface area contributed by atoms with Crippen LogP contribution in [0.1, 0.15) is 75.7 Å². The molecule has 0 unspecified atom stereocenters. The number of benzene rings is 7. The van der Waals surface area contributed by atoms with Gasteiger partial charge in [-0.25, -0.2) is 9.69 Å². The lowest BCUT2D eigenvalue weighted by atomic mass is 9.64. The molecule has 5 aliphatic heterocycles. The number of urea groups is 1. The predicted octanol–water partition coefficient (Wildman–Crippen LogP) is 8.68. The zero-order valence-corrected chi connectivity index (χ0v) is 44.3. The Morgan fingerprint density at radius 3 is 2.11 bits per heavy atom. The van der Waals surface area contributed by atoms with Crippen molar-refractivity contribution in [3.05, 3.63) is 220 Å². The maximum Gasteiger partial charge on any atom is 0.329 e. The number of ether oxygens (including phenoxy) is 5. The van der Waals surface area contributed by atoms with Crippen LogP contribution in [0.15, 0.2) is 176 Å². The van der Waals surface area contributed by atoms with Gasteiger partial charge < -0.3 is 39.0 Å². The normalized spacial score (nSPS) is 22.4. The number of fused-ring (bicyclic) bond motifs is 4. The molecule has 5 heterocycles. The second kappa shape index (κ2) is 22.1. The van der Waals surface area contributed by atoms with Gasteiger partial charge in [-0.05, 0) is 107 Å². The number of aliphatic hydroxyl groups excluding tert-OH is 1. The van der Waals surface area contributed by atoms with Gasteiger partial charge in [0, 0.05) is 43.9 Å². The molecule has 0 bridgehead atoms. The molecule has 0 aromatic heterocycles. The summed E-state index contributed by atoms with van der Waals surface area (Å²) in [7, 11) is 1.60. The van der Waals surface area contributed by atoms with Gasteiger partial charge in [0.2, 0.25) is 18.6 Å². The van der Waals surface area contributed by atoms with E-state index in [-0.39, 0.29) is 38.8 Å². The number of aliphatic hydroxyl groups is 1. The molecule has 3 saturated heterocycles. The highest BCUT2D eigenvalue weighted by molar-refractivity contribution is 6.24. The molecule has 15 nitrogen and oxygen atoms in total. The number of hydrogen-bond acceptors (Lipinski definition) is 12. The molecule has 1 spiro atoms. The molecule has 0 aliphatic carbocycles. The maximum atomic E-state index is 17.1. The van der Waals surface area contributed by atoms with E-state index >= 15 is 19.2 Å². The van der Waals surface area contributed by atoms with Gasteiger partial charge in [0.25, 0.3) is 0 Å². The minimum atomic E-state index is -2.03. The molecule has 15 heteroatoms. The Kier molecular flexibility index (Phi) is 14.3. The number of nitrogens with one attached hydrogen (secondary N) is 1. The second-order valence-electron chi connectivity index (χ2n) is 20.6. The average Bonchev–Trinajstić information content (AvgIpc) is 4.20. The summed E-state index contributed by atoms with van der Waals surface area (Å²) in [5.41, 5.74) is 3.62. The van der Waals surface area contributed by atoms with Gasteiger partial charge in [-0.15, -0.1) is 0 Å². The number of cyclic esters (lactones) is 1. The number of amides is 4. The standard InChI is InChI=1S/C65H59N5O10/c1-42(46-13-6-3-7-14-46)66-64(75)69-53-29-25-44(22-21-43-23-27-50(76-2)28-24-43)37-52(53)65(63(69)74)56(61(72)68-33-31-67(32-34-68)40-45-26-30-54-55(38-45)79-41-78-54)58-62(73)80-59(48-17-10-5-11-18-48)57(47-15-8-4-9-16-47)70(58)60(65)49-19-12-20-51(39-49)77-36-35-71/h3-20,23-30,37-39,42,56-60,71H,31-36,40-41H2,1-2H3,(H,66,75)/t42-,56+,57+,58+,59-,60-,65+/m1/s1. The Bertz CT molecular complexity index is 3510. The van der Waals surface area contributed by atoms with E-state index < -0.39 is 65.4 Å². The first-order valence-corrected chi connectivity index (χ1v) is 27.0. The van der Waals surface area contributed by atoms with Crippen LogP contribution in [0, 0.1) is 17.8 Å². The van der Waals surface area contributed by atoms with E-state index in [0.717, 1.165) is 21.6 Å². The summed E-state index contributed by atoms with van der Waals surface area (Å²) in [4.78, 5) is 72.2. The van der Waals surface area contributed by atoms with Gasteiger partial charge in [-0.2, -0.15) is 0 Å². The highest BCUT2D eigenvalue weighted by Crippen LogP contribution is 2.66. The van der Waals surface area contributed by atoms with Crippen LogP contribution in [-0.4, -0.2) is 103 Å². The van der Waals surface area contributed by atoms with E-state index in [1.54, 1.807) is 42.3 Å². The van der Waals surface area contributed by atoms with Crippen molar-refractivity contribution in [3.8, 4) is 34.8 Å². The number of carbonyl (C=O) groups excluding carboxylic acids is 4. The quantitative estimate of drug-likeness (QED) is 0.0887.